The molecule has 0 unspecified atom stereocenters. The minimum absolute atomic E-state index is 0.0209. The second-order valence-corrected chi connectivity index (χ2v) is 9.34. The Morgan fingerprint density at radius 1 is 1.18 bits per heavy atom. The predicted octanol–water partition coefficient (Wildman–Crippen LogP) is 3.85. The van der Waals surface area contributed by atoms with Gasteiger partial charge in [0.2, 0.25) is 15.9 Å². The van der Waals surface area contributed by atoms with E-state index in [9.17, 15) is 17.6 Å². The number of carbonyl (C=O) groups is 1. The van der Waals surface area contributed by atoms with Gasteiger partial charge in [-0.1, -0.05) is 23.7 Å². The number of halogens is 2. The van der Waals surface area contributed by atoms with Gasteiger partial charge in [-0.3, -0.25) is 4.79 Å². The number of hydrogen-bond donors (Lipinski definition) is 0. The first-order valence-electron chi connectivity index (χ1n) is 8.99. The number of aryl methyl sites for hydroxylation is 1. The average molecular weight is 425 g/mol. The molecule has 0 spiro atoms. The lowest BCUT2D eigenvalue weighted by Crippen LogP contribution is -2.43. The fraction of sp³-hybridized carbons (Fsp3) is 0.350. The fourth-order valence-corrected chi connectivity index (χ4v) is 5.11. The summed E-state index contributed by atoms with van der Waals surface area (Å²) in [6.45, 7) is 2.43. The van der Waals surface area contributed by atoms with Crippen LogP contribution in [0.1, 0.15) is 18.4 Å². The zero-order valence-electron chi connectivity index (χ0n) is 15.7. The largest absolute Gasteiger partial charge is 0.315 e. The molecular weight excluding hydrogens is 403 g/mol. The first-order valence-corrected chi connectivity index (χ1v) is 10.8. The van der Waals surface area contributed by atoms with Crippen molar-refractivity contribution in [1.82, 2.24) is 4.31 Å². The highest BCUT2D eigenvalue weighted by Crippen LogP contribution is 2.28. The third-order valence-electron chi connectivity index (χ3n) is 5.05. The van der Waals surface area contributed by atoms with Gasteiger partial charge in [0.15, 0.2) is 0 Å². The van der Waals surface area contributed by atoms with Crippen LogP contribution in [0.4, 0.5) is 10.1 Å². The van der Waals surface area contributed by atoms with Gasteiger partial charge in [0.1, 0.15) is 5.82 Å². The number of benzene rings is 2. The summed E-state index contributed by atoms with van der Waals surface area (Å²) in [6, 6.07) is 11.1. The third-order valence-corrected chi connectivity index (χ3v) is 7.24. The van der Waals surface area contributed by atoms with Crippen molar-refractivity contribution in [2.45, 2.75) is 24.7 Å². The summed E-state index contributed by atoms with van der Waals surface area (Å²) in [5, 5.41) is -0.231. The summed E-state index contributed by atoms with van der Waals surface area (Å²) in [5.74, 6) is -0.926. The van der Waals surface area contributed by atoms with Gasteiger partial charge in [-0.2, -0.15) is 4.31 Å². The van der Waals surface area contributed by atoms with Crippen molar-refractivity contribution in [3.8, 4) is 0 Å². The SMILES string of the molecule is Cc1cccc(N(C)C(=O)C2CCN(S(=O)(=O)c3ccc(F)c(Cl)c3)CC2)c1. The molecular formula is C20H22ClFN2O3S. The maximum atomic E-state index is 13.3. The van der Waals surface area contributed by atoms with E-state index in [4.69, 9.17) is 11.6 Å². The molecule has 1 aliphatic rings. The van der Waals surface area contributed by atoms with Gasteiger partial charge >= 0.3 is 0 Å². The van der Waals surface area contributed by atoms with E-state index >= 15 is 0 Å². The molecule has 1 saturated heterocycles. The van der Waals surface area contributed by atoms with Crippen LogP contribution in [0, 0.1) is 18.7 Å². The van der Waals surface area contributed by atoms with Crippen LogP contribution in [0.15, 0.2) is 47.4 Å². The summed E-state index contributed by atoms with van der Waals surface area (Å²) < 4.78 is 40.2. The van der Waals surface area contributed by atoms with Gasteiger partial charge < -0.3 is 4.90 Å². The van der Waals surface area contributed by atoms with E-state index < -0.39 is 15.8 Å². The number of sulfonamides is 1. The molecule has 2 aromatic rings. The van der Waals surface area contributed by atoms with Crippen molar-refractivity contribution in [3.05, 3.63) is 58.9 Å². The molecule has 28 heavy (non-hydrogen) atoms. The van der Waals surface area contributed by atoms with Gasteiger partial charge in [0.25, 0.3) is 0 Å². The minimum atomic E-state index is -3.77. The molecule has 1 heterocycles. The highest BCUT2D eigenvalue weighted by molar-refractivity contribution is 7.89. The van der Waals surface area contributed by atoms with E-state index in [0.717, 1.165) is 23.4 Å². The Balaban J connectivity index is 1.68. The number of anilines is 1. The second-order valence-electron chi connectivity index (χ2n) is 6.99. The van der Waals surface area contributed by atoms with E-state index in [0.29, 0.717) is 12.8 Å². The van der Waals surface area contributed by atoms with Crippen LogP contribution >= 0.6 is 11.6 Å². The van der Waals surface area contributed by atoms with Crippen molar-refractivity contribution >= 4 is 33.2 Å². The summed E-state index contributed by atoms with van der Waals surface area (Å²) in [4.78, 5) is 14.4. The number of nitrogens with zero attached hydrogens (tertiary/aromatic N) is 2. The number of hydrogen-bond acceptors (Lipinski definition) is 3. The molecule has 1 aliphatic heterocycles. The van der Waals surface area contributed by atoms with Gasteiger partial charge in [-0.15, -0.1) is 0 Å². The van der Waals surface area contributed by atoms with E-state index in [-0.39, 0.29) is 34.8 Å². The lowest BCUT2D eigenvalue weighted by molar-refractivity contribution is -0.123. The Kier molecular flexibility index (Phi) is 6.07. The summed E-state index contributed by atoms with van der Waals surface area (Å²) in [7, 11) is -2.03. The van der Waals surface area contributed by atoms with Gasteiger partial charge in [0.05, 0.1) is 9.92 Å². The molecule has 0 atom stereocenters. The number of rotatable bonds is 4. The van der Waals surface area contributed by atoms with E-state index in [2.05, 4.69) is 0 Å². The third kappa shape index (κ3) is 4.21. The first-order chi connectivity index (χ1) is 13.2. The van der Waals surface area contributed by atoms with Crippen LogP contribution in [-0.4, -0.2) is 38.8 Å². The monoisotopic (exact) mass is 424 g/mol. The highest BCUT2D eigenvalue weighted by atomic mass is 35.5. The molecule has 0 saturated carbocycles. The van der Waals surface area contributed by atoms with Gasteiger partial charge in [0, 0.05) is 31.7 Å². The molecule has 5 nitrogen and oxygen atoms in total. The van der Waals surface area contributed by atoms with Crippen LogP contribution in [0.5, 0.6) is 0 Å². The second kappa shape index (κ2) is 8.19. The summed E-state index contributed by atoms with van der Waals surface area (Å²) in [6.07, 6.45) is 0.867. The molecule has 8 heteroatoms. The van der Waals surface area contributed by atoms with Crippen molar-refractivity contribution in [1.29, 1.82) is 0 Å². The highest BCUT2D eigenvalue weighted by Gasteiger charge is 2.33. The van der Waals surface area contributed by atoms with Crippen LogP contribution in [0.2, 0.25) is 5.02 Å². The standard InChI is InChI=1S/C20H22ClFN2O3S/c1-14-4-3-5-16(12-14)23(2)20(25)15-8-10-24(11-9-15)28(26,27)17-6-7-19(22)18(21)13-17/h3-7,12-13,15H,8-11H2,1-2H3. The van der Waals surface area contributed by atoms with Crippen LogP contribution in [0.25, 0.3) is 0 Å². The summed E-state index contributed by atoms with van der Waals surface area (Å²) >= 11 is 5.72. The molecule has 0 bridgehead atoms. The smallest absolute Gasteiger partial charge is 0.243 e. The minimum Gasteiger partial charge on any atom is -0.315 e. The normalized spacial score (nSPS) is 16.1. The molecule has 0 aliphatic carbocycles. The Morgan fingerprint density at radius 3 is 2.46 bits per heavy atom. The first kappa shape index (κ1) is 20.8. The molecule has 0 aromatic heterocycles. The Morgan fingerprint density at radius 2 is 1.86 bits per heavy atom. The molecule has 0 N–H and O–H groups in total. The van der Waals surface area contributed by atoms with Crippen LogP contribution in [0.3, 0.4) is 0 Å². The van der Waals surface area contributed by atoms with Crippen molar-refractivity contribution in [2.24, 2.45) is 5.92 Å². The van der Waals surface area contributed by atoms with Crippen molar-refractivity contribution in [3.63, 3.8) is 0 Å². The van der Waals surface area contributed by atoms with E-state index in [1.807, 2.05) is 31.2 Å². The van der Waals surface area contributed by atoms with Crippen molar-refractivity contribution < 1.29 is 17.6 Å². The average Bonchev–Trinajstić information content (AvgIpc) is 2.69. The molecule has 1 amide bonds. The number of piperidine rings is 1. The zero-order chi connectivity index (χ0) is 20.5. The van der Waals surface area contributed by atoms with E-state index in [1.165, 1.54) is 10.4 Å². The van der Waals surface area contributed by atoms with Gasteiger partial charge in [-0.05, 0) is 55.7 Å². The maximum Gasteiger partial charge on any atom is 0.243 e. The quantitative estimate of drug-likeness (QED) is 0.749. The lowest BCUT2D eigenvalue weighted by Gasteiger charge is -2.32. The Labute approximate surface area is 169 Å². The van der Waals surface area contributed by atoms with Crippen molar-refractivity contribution in [2.75, 3.05) is 25.0 Å². The lowest BCUT2D eigenvalue weighted by atomic mass is 9.96. The molecule has 2 aromatic carbocycles. The Bertz CT molecular complexity index is 989. The molecule has 1 fully saturated rings. The van der Waals surface area contributed by atoms with Gasteiger partial charge in [-0.25, -0.2) is 12.8 Å². The fourth-order valence-electron chi connectivity index (χ4n) is 3.37. The molecule has 0 radical (unpaired) electrons. The number of amides is 1. The van der Waals surface area contributed by atoms with Crippen LogP contribution < -0.4 is 4.90 Å². The number of carbonyl (C=O) groups excluding carboxylic acids is 1. The van der Waals surface area contributed by atoms with Crippen LogP contribution in [-0.2, 0) is 14.8 Å². The summed E-state index contributed by atoms with van der Waals surface area (Å²) in [5.41, 5.74) is 1.89. The molecule has 3 rings (SSSR count). The predicted molar refractivity (Wildman–Crippen MR) is 107 cm³/mol. The Hall–Kier alpha value is -1.96. The molecule has 150 valence electrons. The maximum absolute atomic E-state index is 13.3. The zero-order valence-corrected chi connectivity index (χ0v) is 17.3. The van der Waals surface area contributed by atoms with E-state index in [1.54, 1.807) is 11.9 Å². The topological polar surface area (TPSA) is 57.7 Å².